The van der Waals surface area contributed by atoms with Crippen molar-refractivity contribution in [3.63, 3.8) is 0 Å². The Labute approximate surface area is 213 Å². The van der Waals surface area contributed by atoms with Gasteiger partial charge in [-0.05, 0) is 81.2 Å². The third-order valence-electron chi connectivity index (χ3n) is 7.01. The molecule has 1 atom stereocenters. The molecule has 1 saturated carbocycles. The van der Waals surface area contributed by atoms with Crippen LogP contribution in [-0.4, -0.2) is 29.2 Å². The molecule has 0 saturated heterocycles. The van der Waals surface area contributed by atoms with Crippen molar-refractivity contribution in [3.8, 4) is 0 Å². The summed E-state index contributed by atoms with van der Waals surface area (Å²) in [5, 5.41) is 1.94. The first-order valence-corrected chi connectivity index (χ1v) is 13.0. The van der Waals surface area contributed by atoms with Crippen molar-refractivity contribution in [2.24, 2.45) is 5.92 Å². The molecule has 4 rings (SSSR count). The average molecular weight is 498 g/mol. The Morgan fingerprint density at radius 2 is 1.83 bits per heavy atom. The molecule has 1 aromatic carbocycles. The summed E-state index contributed by atoms with van der Waals surface area (Å²) in [6.45, 7) is 7.78. The molecule has 1 unspecified atom stereocenters. The molecule has 0 N–H and O–H groups in total. The largest absolute Gasteiger partial charge is 0.468 e. The zero-order chi connectivity index (χ0) is 25.3. The Morgan fingerprint density at radius 3 is 2.46 bits per heavy atom. The summed E-state index contributed by atoms with van der Waals surface area (Å²) in [4.78, 5) is 25.5. The molecule has 1 heterocycles. The van der Waals surface area contributed by atoms with Gasteiger partial charge in [0.2, 0.25) is 0 Å². The van der Waals surface area contributed by atoms with Crippen molar-refractivity contribution >= 4 is 40.0 Å². The minimum Gasteiger partial charge on any atom is -0.468 e. The highest BCUT2D eigenvalue weighted by atomic mass is 35.5. The maximum Gasteiger partial charge on any atom is 0.338 e. The Morgan fingerprint density at radius 1 is 1.11 bits per heavy atom. The highest BCUT2D eigenvalue weighted by Gasteiger charge is 2.30. The highest BCUT2D eigenvalue weighted by Crippen LogP contribution is 2.45. The molecule has 0 bridgehead atoms. The van der Waals surface area contributed by atoms with Crippen molar-refractivity contribution < 1.29 is 19.1 Å². The summed E-state index contributed by atoms with van der Waals surface area (Å²) >= 11 is 6.43. The maximum absolute atomic E-state index is 12.9. The van der Waals surface area contributed by atoms with Crippen molar-refractivity contribution in [2.45, 2.75) is 84.3 Å². The molecular weight excluding hydrogens is 462 g/mol. The zero-order valence-electron chi connectivity index (χ0n) is 21.4. The lowest BCUT2D eigenvalue weighted by Gasteiger charge is -2.26. The van der Waals surface area contributed by atoms with Crippen LogP contribution in [0.4, 0.5) is 0 Å². The van der Waals surface area contributed by atoms with E-state index in [0.717, 1.165) is 40.9 Å². The minimum absolute atomic E-state index is 0.0794. The van der Waals surface area contributed by atoms with Crippen LogP contribution in [0.1, 0.15) is 93.8 Å². The van der Waals surface area contributed by atoms with Gasteiger partial charge in [-0.15, -0.1) is 0 Å². The van der Waals surface area contributed by atoms with E-state index < -0.39 is 5.60 Å². The first kappa shape index (κ1) is 25.6. The monoisotopic (exact) mass is 497 g/mol. The van der Waals surface area contributed by atoms with Crippen LogP contribution in [0.3, 0.4) is 0 Å². The first-order chi connectivity index (χ1) is 16.6. The molecule has 0 amide bonds. The Bertz CT molecular complexity index is 1190. The second kappa shape index (κ2) is 10.2. The van der Waals surface area contributed by atoms with E-state index >= 15 is 0 Å². The summed E-state index contributed by atoms with van der Waals surface area (Å²) in [6, 6.07) is 5.76. The van der Waals surface area contributed by atoms with Gasteiger partial charge in [0.25, 0.3) is 0 Å². The zero-order valence-corrected chi connectivity index (χ0v) is 22.2. The van der Waals surface area contributed by atoms with Crippen LogP contribution in [0.15, 0.2) is 35.4 Å². The summed E-state index contributed by atoms with van der Waals surface area (Å²) in [7, 11) is 1.41. The van der Waals surface area contributed by atoms with Gasteiger partial charge in [-0.3, -0.25) is 4.79 Å². The fraction of sp³-hybridized carbons (Fsp3) is 0.517. The summed E-state index contributed by atoms with van der Waals surface area (Å²) < 4.78 is 12.8. The van der Waals surface area contributed by atoms with Crippen LogP contribution in [0.5, 0.6) is 0 Å². The quantitative estimate of drug-likeness (QED) is 0.405. The van der Waals surface area contributed by atoms with Gasteiger partial charge >= 0.3 is 11.9 Å². The second-order valence-electron chi connectivity index (χ2n) is 10.8. The van der Waals surface area contributed by atoms with Crippen LogP contribution >= 0.6 is 11.6 Å². The van der Waals surface area contributed by atoms with Gasteiger partial charge in [0.15, 0.2) is 0 Å². The third kappa shape index (κ3) is 5.50. The second-order valence-corrected chi connectivity index (χ2v) is 11.3. The molecule has 188 valence electrons. The van der Waals surface area contributed by atoms with Gasteiger partial charge in [0.05, 0.1) is 18.2 Å². The van der Waals surface area contributed by atoms with E-state index in [2.05, 4.69) is 13.0 Å². The van der Waals surface area contributed by atoms with Crippen molar-refractivity contribution in [1.82, 2.24) is 4.57 Å². The minimum atomic E-state index is -0.590. The smallest absolute Gasteiger partial charge is 0.338 e. The van der Waals surface area contributed by atoms with E-state index in [1.807, 2.05) is 49.6 Å². The Hall–Kier alpha value is -2.53. The number of hydrogen-bond donors (Lipinski definition) is 0. The molecule has 2 aliphatic carbocycles. The molecule has 0 aliphatic heterocycles. The number of methoxy groups -OCH3 is 1. The molecular formula is C29H36ClNO4. The number of allylic oxidation sites excluding steroid dienone is 4. The van der Waals surface area contributed by atoms with Crippen LogP contribution < -0.4 is 0 Å². The van der Waals surface area contributed by atoms with E-state index in [0.29, 0.717) is 11.5 Å². The summed E-state index contributed by atoms with van der Waals surface area (Å²) in [5.74, 6) is -0.0758. The normalized spacial score (nSPS) is 19.3. The van der Waals surface area contributed by atoms with Gasteiger partial charge < -0.3 is 14.0 Å². The molecule has 0 spiro atoms. The number of aromatic nitrogens is 1. The number of rotatable bonds is 5. The number of benzene rings is 1. The van der Waals surface area contributed by atoms with Crippen molar-refractivity contribution in [1.29, 1.82) is 0 Å². The Balaban J connectivity index is 1.96. The van der Waals surface area contributed by atoms with E-state index in [-0.39, 0.29) is 24.4 Å². The van der Waals surface area contributed by atoms with E-state index in [1.165, 1.54) is 37.5 Å². The summed E-state index contributed by atoms with van der Waals surface area (Å²) in [6.07, 6.45) is 10.8. The Kier molecular flexibility index (Phi) is 7.46. The fourth-order valence-corrected chi connectivity index (χ4v) is 5.50. The SMILES string of the molecule is COC(=O)Cn1c(C2=CC=C(Cl)C(C)C2)c(C2CCCCC2)c2ccc(C(=O)OC(C)(C)C)cc21. The number of nitrogens with zero attached hydrogens (tertiary/aromatic N) is 1. The molecule has 1 fully saturated rings. The van der Waals surface area contributed by atoms with Crippen LogP contribution in [0.2, 0.25) is 0 Å². The molecule has 6 heteroatoms. The summed E-state index contributed by atoms with van der Waals surface area (Å²) in [5.41, 5.74) is 4.28. The van der Waals surface area contributed by atoms with Gasteiger partial charge in [0, 0.05) is 16.1 Å². The van der Waals surface area contributed by atoms with Gasteiger partial charge in [-0.1, -0.05) is 49.9 Å². The highest BCUT2D eigenvalue weighted by molar-refractivity contribution is 6.30. The lowest BCUT2D eigenvalue weighted by atomic mass is 9.80. The number of carbonyl (C=O) groups excluding carboxylic acids is 2. The average Bonchev–Trinajstić information content (AvgIpc) is 3.13. The van der Waals surface area contributed by atoms with Gasteiger partial charge in [0.1, 0.15) is 12.1 Å². The molecule has 1 aromatic heterocycles. The van der Waals surface area contributed by atoms with Crippen LogP contribution in [-0.2, 0) is 20.8 Å². The van der Waals surface area contributed by atoms with Crippen molar-refractivity contribution in [3.05, 3.63) is 52.2 Å². The topological polar surface area (TPSA) is 57.5 Å². The number of ether oxygens (including phenoxy) is 2. The molecule has 35 heavy (non-hydrogen) atoms. The maximum atomic E-state index is 12.9. The number of carbonyl (C=O) groups is 2. The van der Waals surface area contributed by atoms with E-state index in [4.69, 9.17) is 21.1 Å². The lowest BCUT2D eigenvalue weighted by molar-refractivity contribution is -0.141. The number of hydrogen-bond acceptors (Lipinski definition) is 4. The number of esters is 2. The molecule has 5 nitrogen and oxygen atoms in total. The predicted molar refractivity (Wildman–Crippen MR) is 141 cm³/mol. The van der Waals surface area contributed by atoms with Crippen molar-refractivity contribution in [2.75, 3.05) is 7.11 Å². The molecule has 2 aromatic rings. The van der Waals surface area contributed by atoms with E-state index in [9.17, 15) is 9.59 Å². The third-order valence-corrected chi connectivity index (χ3v) is 7.51. The van der Waals surface area contributed by atoms with Crippen LogP contribution in [0, 0.1) is 5.92 Å². The van der Waals surface area contributed by atoms with Gasteiger partial charge in [-0.25, -0.2) is 4.79 Å². The fourth-order valence-electron chi connectivity index (χ4n) is 5.36. The standard InChI is InChI=1S/C29H36ClNO4/c1-18-15-20(12-14-23(18)30)27-26(19-9-7-6-8-10-19)22-13-11-21(28(33)35-29(2,3)4)16-24(22)31(27)17-25(32)34-5/h11-14,16,18-19H,6-10,15,17H2,1-5H3. The molecule has 0 radical (unpaired) electrons. The van der Waals surface area contributed by atoms with E-state index in [1.54, 1.807) is 0 Å². The van der Waals surface area contributed by atoms with Crippen LogP contribution in [0.25, 0.3) is 16.5 Å². The predicted octanol–water partition coefficient (Wildman–Crippen LogP) is 7.36. The molecule has 2 aliphatic rings. The number of fused-ring (bicyclic) bond motifs is 1. The lowest BCUT2D eigenvalue weighted by Crippen LogP contribution is -2.23. The number of halogens is 1. The first-order valence-electron chi connectivity index (χ1n) is 12.6. The van der Waals surface area contributed by atoms with Gasteiger partial charge in [-0.2, -0.15) is 0 Å².